The fourth-order valence-corrected chi connectivity index (χ4v) is 0.984. The molecule has 0 heterocycles. The number of hydrogen-bond acceptors (Lipinski definition) is 4. The van der Waals surface area contributed by atoms with Gasteiger partial charge in [0.05, 0.1) is 6.61 Å². The van der Waals surface area contributed by atoms with Crippen molar-refractivity contribution in [3.8, 4) is 0 Å². The standard InChI is InChI=1S/C9H20N2O3/c1-7(3-4-12)5-11-9(13)8(10)6-14-2/h7-8,12H,3-6,10H2,1-2H3,(H,11,13). The first-order chi connectivity index (χ1) is 6.61. The van der Waals surface area contributed by atoms with E-state index in [0.717, 1.165) is 0 Å². The molecule has 0 saturated carbocycles. The minimum absolute atomic E-state index is 0.140. The van der Waals surface area contributed by atoms with Crippen molar-refractivity contribution in [2.75, 3.05) is 26.9 Å². The lowest BCUT2D eigenvalue weighted by Crippen LogP contribution is -2.44. The summed E-state index contributed by atoms with van der Waals surface area (Å²) in [7, 11) is 1.50. The van der Waals surface area contributed by atoms with E-state index in [1.807, 2.05) is 6.92 Å². The van der Waals surface area contributed by atoms with Crippen molar-refractivity contribution in [3.05, 3.63) is 0 Å². The molecule has 0 aromatic rings. The summed E-state index contributed by atoms with van der Waals surface area (Å²) in [5.41, 5.74) is 5.50. The summed E-state index contributed by atoms with van der Waals surface area (Å²) in [5, 5.41) is 11.3. The Morgan fingerprint density at radius 1 is 1.64 bits per heavy atom. The number of carbonyl (C=O) groups is 1. The third-order valence-corrected chi connectivity index (χ3v) is 1.93. The van der Waals surface area contributed by atoms with Crippen molar-refractivity contribution in [1.29, 1.82) is 0 Å². The molecule has 1 amide bonds. The van der Waals surface area contributed by atoms with Crippen LogP contribution in [0, 0.1) is 5.92 Å². The Morgan fingerprint density at radius 2 is 2.29 bits per heavy atom. The highest BCUT2D eigenvalue weighted by molar-refractivity contribution is 5.81. The zero-order valence-electron chi connectivity index (χ0n) is 8.82. The van der Waals surface area contributed by atoms with Gasteiger partial charge in [0, 0.05) is 20.3 Å². The minimum atomic E-state index is -0.610. The van der Waals surface area contributed by atoms with E-state index in [9.17, 15) is 4.79 Å². The van der Waals surface area contributed by atoms with Gasteiger partial charge in [-0.1, -0.05) is 6.92 Å². The molecule has 0 bridgehead atoms. The van der Waals surface area contributed by atoms with Gasteiger partial charge in [-0.15, -0.1) is 0 Å². The van der Waals surface area contributed by atoms with Crippen molar-refractivity contribution >= 4 is 5.91 Å². The molecule has 0 aliphatic heterocycles. The second-order valence-corrected chi connectivity index (χ2v) is 3.42. The predicted molar refractivity (Wildman–Crippen MR) is 53.7 cm³/mol. The van der Waals surface area contributed by atoms with Crippen molar-refractivity contribution in [2.45, 2.75) is 19.4 Å². The number of hydrogen-bond donors (Lipinski definition) is 3. The second kappa shape index (κ2) is 7.73. The SMILES string of the molecule is COCC(N)C(=O)NCC(C)CCO. The smallest absolute Gasteiger partial charge is 0.239 e. The molecular formula is C9H20N2O3. The zero-order valence-corrected chi connectivity index (χ0v) is 8.82. The molecule has 0 fully saturated rings. The maximum Gasteiger partial charge on any atom is 0.239 e. The van der Waals surface area contributed by atoms with Crippen LogP contribution in [0.3, 0.4) is 0 Å². The molecule has 4 N–H and O–H groups in total. The molecule has 5 nitrogen and oxygen atoms in total. The molecule has 0 radical (unpaired) electrons. The van der Waals surface area contributed by atoms with Crippen LogP contribution in [0.5, 0.6) is 0 Å². The number of amides is 1. The third kappa shape index (κ3) is 5.90. The lowest BCUT2D eigenvalue weighted by molar-refractivity contribution is -0.123. The van der Waals surface area contributed by atoms with E-state index in [-0.39, 0.29) is 25.0 Å². The van der Waals surface area contributed by atoms with Crippen LogP contribution >= 0.6 is 0 Å². The maximum atomic E-state index is 11.3. The molecule has 0 saturated heterocycles. The van der Waals surface area contributed by atoms with E-state index in [0.29, 0.717) is 13.0 Å². The van der Waals surface area contributed by atoms with Gasteiger partial charge in [0.1, 0.15) is 6.04 Å². The number of rotatable bonds is 7. The van der Waals surface area contributed by atoms with Crippen LogP contribution in [0.15, 0.2) is 0 Å². The summed E-state index contributed by atoms with van der Waals surface area (Å²) in [5.74, 6) is 0.0512. The molecule has 0 aliphatic rings. The Kier molecular flexibility index (Phi) is 7.37. The number of ether oxygens (including phenoxy) is 1. The largest absolute Gasteiger partial charge is 0.396 e. The third-order valence-electron chi connectivity index (χ3n) is 1.93. The van der Waals surface area contributed by atoms with Crippen LogP contribution in [0.25, 0.3) is 0 Å². The van der Waals surface area contributed by atoms with Gasteiger partial charge in [-0.3, -0.25) is 4.79 Å². The van der Waals surface area contributed by atoms with Gasteiger partial charge >= 0.3 is 0 Å². The van der Waals surface area contributed by atoms with E-state index in [2.05, 4.69) is 5.32 Å². The average molecular weight is 204 g/mol. The molecule has 0 aliphatic carbocycles. The van der Waals surface area contributed by atoms with Gasteiger partial charge in [0.15, 0.2) is 0 Å². The zero-order chi connectivity index (χ0) is 11.0. The molecule has 0 rings (SSSR count). The predicted octanol–water partition coefficient (Wildman–Crippen LogP) is -0.905. The van der Waals surface area contributed by atoms with Gasteiger partial charge in [-0.25, -0.2) is 0 Å². The number of nitrogens with one attached hydrogen (secondary N) is 1. The fourth-order valence-electron chi connectivity index (χ4n) is 0.984. The average Bonchev–Trinajstić information content (AvgIpc) is 2.15. The lowest BCUT2D eigenvalue weighted by Gasteiger charge is -2.14. The summed E-state index contributed by atoms with van der Waals surface area (Å²) < 4.78 is 4.75. The first kappa shape index (κ1) is 13.4. The highest BCUT2D eigenvalue weighted by atomic mass is 16.5. The van der Waals surface area contributed by atoms with Crippen LogP contribution in [-0.2, 0) is 9.53 Å². The molecule has 0 aromatic carbocycles. The lowest BCUT2D eigenvalue weighted by atomic mass is 10.1. The van der Waals surface area contributed by atoms with Crippen molar-refractivity contribution in [2.24, 2.45) is 11.7 Å². The number of aliphatic hydroxyl groups is 1. The molecule has 2 unspecified atom stereocenters. The van der Waals surface area contributed by atoms with Gasteiger partial charge in [-0.2, -0.15) is 0 Å². The highest BCUT2D eigenvalue weighted by Gasteiger charge is 2.13. The van der Waals surface area contributed by atoms with Gasteiger partial charge in [0.25, 0.3) is 0 Å². The molecule has 0 aromatic heterocycles. The fraction of sp³-hybridized carbons (Fsp3) is 0.889. The molecule has 5 heteroatoms. The Balaban J connectivity index is 3.61. The van der Waals surface area contributed by atoms with Crippen LogP contribution in [0.4, 0.5) is 0 Å². The first-order valence-electron chi connectivity index (χ1n) is 4.74. The van der Waals surface area contributed by atoms with Crippen LogP contribution in [-0.4, -0.2) is 43.9 Å². The van der Waals surface area contributed by atoms with Gasteiger partial charge in [-0.05, 0) is 12.3 Å². The topological polar surface area (TPSA) is 84.6 Å². The monoisotopic (exact) mass is 204 g/mol. The number of aliphatic hydroxyl groups excluding tert-OH is 1. The molecular weight excluding hydrogens is 184 g/mol. The summed E-state index contributed by atoms with van der Waals surface area (Å²) in [6, 6.07) is -0.610. The number of carbonyl (C=O) groups excluding carboxylic acids is 1. The molecule has 14 heavy (non-hydrogen) atoms. The van der Waals surface area contributed by atoms with Crippen LogP contribution in [0.2, 0.25) is 0 Å². The van der Waals surface area contributed by atoms with Crippen molar-refractivity contribution < 1.29 is 14.6 Å². The van der Waals surface area contributed by atoms with Crippen molar-refractivity contribution in [1.82, 2.24) is 5.32 Å². The van der Waals surface area contributed by atoms with Gasteiger partial charge < -0.3 is 20.9 Å². The van der Waals surface area contributed by atoms with Crippen LogP contribution < -0.4 is 11.1 Å². The molecule has 84 valence electrons. The number of methoxy groups -OCH3 is 1. The maximum absolute atomic E-state index is 11.3. The summed E-state index contributed by atoms with van der Waals surface area (Å²) in [6.07, 6.45) is 0.680. The van der Waals surface area contributed by atoms with Crippen molar-refractivity contribution in [3.63, 3.8) is 0 Å². The molecule has 2 atom stereocenters. The molecule has 0 spiro atoms. The van der Waals surface area contributed by atoms with Crippen LogP contribution in [0.1, 0.15) is 13.3 Å². The Hall–Kier alpha value is -0.650. The van der Waals surface area contributed by atoms with Gasteiger partial charge in [0.2, 0.25) is 5.91 Å². The van der Waals surface area contributed by atoms with E-state index < -0.39 is 6.04 Å². The van der Waals surface area contributed by atoms with E-state index in [4.69, 9.17) is 15.6 Å². The normalized spacial score (nSPS) is 14.9. The van der Waals surface area contributed by atoms with E-state index in [1.54, 1.807) is 0 Å². The first-order valence-corrected chi connectivity index (χ1v) is 4.74. The number of nitrogens with two attached hydrogens (primary N) is 1. The summed E-state index contributed by atoms with van der Waals surface area (Å²) >= 11 is 0. The Bertz CT molecular complexity index is 164. The minimum Gasteiger partial charge on any atom is -0.396 e. The highest BCUT2D eigenvalue weighted by Crippen LogP contribution is 1.97. The second-order valence-electron chi connectivity index (χ2n) is 3.42. The summed E-state index contributed by atoms with van der Waals surface area (Å²) in [6.45, 7) is 2.86. The Labute approximate surface area is 84.6 Å². The van der Waals surface area contributed by atoms with E-state index >= 15 is 0 Å². The quantitative estimate of drug-likeness (QED) is 0.501. The Morgan fingerprint density at radius 3 is 2.79 bits per heavy atom. The summed E-state index contributed by atoms with van der Waals surface area (Å²) in [4.78, 5) is 11.3. The van der Waals surface area contributed by atoms with E-state index in [1.165, 1.54) is 7.11 Å².